The van der Waals surface area contributed by atoms with Crippen LogP contribution in [0.1, 0.15) is 28.8 Å². The van der Waals surface area contributed by atoms with Crippen molar-refractivity contribution in [1.29, 1.82) is 0 Å². The maximum absolute atomic E-state index is 11.9. The second kappa shape index (κ2) is 11.1. The number of methoxy groups -OCH3 is 1. The minimum atomic E-state index is -0.501. The van der Waals surface area contributed by atoms with Crippen LogP contribution in [0.5, 0.6) is 0 Å². The van der Waals surface area contributed by atoms with E-state index < -0.39 is 11.9 Å². The maximum atomic E-state index is 11.9. The molecule has 0 aliphatic rings. The smallest absolute Gasteiger partial charge is 0.306 e. The van der Waals surface area contributed by atoms with E-state index in [2.05, 4.69) is 16.2 Å². The van der Waals surface area contributed by atoms with Crippen molar-refractivity contribution in [3.8, 4) is 0 Å². The van der Waals surface area contributed by atoms with Crippen LogP contribution in [0.4, 0.5) is 0 Å². The van der Waals surface area contributed by atoms with Crippen molar-refractivity contribution < 1.29 is 23.9 Å². The van der Waals surface area contributed by atoms with Gasteiger partial charge in [0.05, 0.1) is 13.0 Å². The number of benzene rings is 1. The van der Waals surface area contributed by atoms with E-state index in [9.17, 15) is 14.4 Å². The minimum Gasteiger partial charge on any atom is -0.463 e. The number of aryl methyl sites for hydroxylation is 1. The van der Waals surface area contributed by atoms with E-state index in [0.29, 0.717) is 12.2 Å². The van der Waals surface area contributed by atoms with Crippen LogP contribution in [0.2, 0.25) is 0 Å². The molecule has 0 spiro atoms. The number of hydrogen-bond donors (Lipinski definition) is 3. The van der Waals surface area contributed by atoms with Crippen molar-refractivity contribution in [3.63, 3.8) is 0 Å². The first-order valence-corrected chi connectivity index (χ1v) is 7.94. The molecule has 0 saturated carbocycles. The van der Waals surface area contributed by atoms with Crippen LogP contribution in [0.15, 0.2) is 24.3 Å². The fourth-order valence-corrected chi connectivity index (χ4v) is 1.88. The first-order valence-electron chi connectivity index (χ1n) is 7.53. The molecule has 0 bridgehead atoms. The molecule has 1 rings (SSSR count). The van der Waals surface area contributed by atoms with Gasteiger partial charge in [-0.05, 0) is 31.3 Å². The van der Waals surface area contributed by atoms with E-state index in [1.165, 1.54) is 7.11 Å². The Labute approximate surface area is 151 Å². The lowest BCUT2D eigenvalue weighted by atomic mass is 10.1. The van der Waals surface area contributed by atoms with Gasteiger partial charge in [-0.1, -0.05) is 17.7 Å². The number of thiocarbonyl (C=S) groups is 1. The van der Waals surface area contributed by atoms with Crippen LogP contribution in [-0.4, -0.2) is 43.2 Å². The molecule has 3 N–H and O–H groups in total. The highest BCUT2D eigenvalue weighted by Gasteiger charge is 2.10. The summed E-state index contributed by atoms with van der Waals surface area (Å²) in [5.41, 5.74) is 6.21. The normalized spacial score (nSPS) is 9.84. The molecule has 25 heavy (non-hydrogen) atoms. The average Bonchev–Trinajstić information content (AvgIpc) is 2.58. The summed E-state index contributed by atoms with van der Waals surface area (Å²) in [6, 6.07) is 7.00. The van der Waals surface area contributed by atoms with Gasteiger partial charge in [0, 0.05) is 19.1 Å². The summed E-state index contributed by atoms with van der Waals surface area (Å²) in [6.45, 7) is 2.31. The molecule has 0 aromatic heterocycles. The standard InChI is InChI=1S/C16H21N3O5S/c1-11-4-3-5-12(10-11)15(22)18-19-16(25)17-13(20)6-7-14(21)24-9-8-23-2/h3-5,10H,6-9H2,1-2H3,(H,18,22)(H2,17,19,20,25). The zero-order chi connectivity index (χ0) is 18.7. The van der Waals surface area contributed by atoms with Crippen molar-refractivity contribution in [2.45, 2.75) is 19.8 Å². The number of carbonyl (C=O) groups excluding carboxylic acids is 3. The Kier molecular flexibility index (Phi) is 9.12. The summed E-state index contributed by atoms with van der Waals surface area (Å²) in [4.78, 5) is 34.9. The fourth-order valence-electron chi connectivity index (χ4n) is 1.72. The van der Waals surface area contributed by atoms with Crippen molar-refractivity contribution >= 4 is 35.1 Å². The lowest BCUT2D eigenvalue weighted by Gasteiger charge is -2.11. The van der Waals surface area contributed by atoms with Crippen molar-refractivity contribution in [3.05, 3.63) is 35.4 Å². The van der Waals surface area contributed by atoms with Crippen LogP contribution in [0.25, 0.3) is 0 Å². The third kappa shape index (κ3) is 8.77. The highest BCUT2D eigenvalue weighted by molar-refractivity contribution is 7.80. The van der Waals surface area contributed by atoms with E-state index in [4.69, 9.17) is 21.7 Å². The highest BCUT2D eigenvalue weighted by atomic mass is 32.1. The third-order valence-electron chi connectivity index (χ3n) is 2.93. The number of carbonyl (C=O) groups is 3. The molecule has 0 saturated heterocycles. The van der Waals surface area contributed by atoms with Gasteiger partial charge < -0.3 is 14.8 Å². The number of hydrazine groups is 1. The lowest BCUT2D eigenvalue weighted by molar-refractivity contribution is -0.146. The Morgan fingerprint density at radius 3 is 2.56 bits per heavy atom. The van der Waals surface area contributed by atoms with Crippen LogP contribution >= 0.6 is 12.2 Å². The number of hydrogen-bond acceptors (Lipinski definition) is 6. The molecule has 0 aliphatic heterocycles. The van der Waals surface area contributed by atoms with Crippen molar-refractivity contribution in [2.75, 3.05) is 20.3 Å². The predicted molar refractivity (Wildman–Crippen MR) is 94.6 cm³/mol. The Hall–Kier alpha value is -2.52. The summed E-state index contributed by atoms with van der Waals surface area (Å²) < 4.78 is 9.56. The van der Waals surface area contributed by atoms with Crippen LogP contribution in [0, 0.1) is 6.92 Å². The van der Waals surface area contributed by atoms with Gasteiger partial charge in [0.2, 0.25) is 5.91 Å². The van der Waals surface area contributed by atoms with Crippen molar-refractivity contribution in [2.24, 2.45) is 0 Å². The van der Waals surface area contributed by atoms with Gasteiger partial charge in [-0.25, -0.2) is 0 Å². The molecule has 0 radical (unpaired) electrons. The zero-order valence-electron chi connectivity index (χ0n) is 14.1. The van der Waals surface area contributed by atoms with Crippen LogP contribution in [-0.2, 0) is 19.1 Å². The lowest BCUT2D eigenvalue weighted by Crippen LogP contribution is -2.48. The molecular formula is C16H21N3O5S. The number of rotatable bonds is 7. The first kappa shape index (κ1) is 20.5. The van der Waals surface area contributed by atoms with Crippen molar-refractivity contribution in [1.82, 2.24) is 16.2 Å². The molecule has 0 aliphatic carbocycles. The molecule has 0 fully saturated rings. The summed E-state index contributed by atoms with van der Waals surface area (Å²) in [6.07, 6.45) is -0.159. The van der Waals surface area contributed by atoms with Crippen LogP contribution < -0.4 is 16.2 Å². The Morgan fingerprint density at radius 1 is 1.12 bits per heavy atom. The summed E-state index contributed by atoms with van der Waals surface area (Å²) in [5, 5.41) is 2.28. The Balaban J connectivity index is 2.26. The first-order chi connectivity index (χ1) is 11.9. The van der Waals surface area contributed by atoms with E-state index >= 15 is 0 Å². The molecular weight excluding hydrogens is 346 g/mol. The van der Waals surface area contributed by atoms with Gasteiger partial charge >= 0.3 is 5.97 Å². The van der Waals surface area contributed by atoms with Gasteiger partial charge in [-0.3, -0.25) is 25.2 Å². The second-order valence-corrected chi connectivity index (χ2v) is 5.45. The van der Waals surface area contributed by atoms with Gasteiger partial charge in [0.1, 0.15) is 6.61 Å². The molecule has 0 heterocycles. The average molecular weight is 367 g/mol. The maximum Gasteiger partial charge on any atom is 0.306 e. The molecule has 0 atom stereocenters. The molecule has 1 aromatic carbocycles. The molecule has 0 unspecified atom stereocenters. The summed E-state index contributed by atoms with van der Waals surface area (Å²) in [7, 11) is 1.49. The van der Waals surface area contributed by atoms with E-state index in [0.717, 1.165) is 5.56 Å². The number of ether oxygens (including phenoxy) is 2. The van der Waals surface area contributed by atoms with Gasteiger partial charge in [0.25, 0.3) is 5.91 Å². The highest BCUT2D eigenvalue weighted by Crippen LogP contribution is 2.02. The molecule has 1 aromatic rings. The second-order valence-electron chi connectivity index (χ2n) is 5.04. The van der Waals surface area contributed by atoms with Crippen LogP contribution in [0.3, 0.4) is 0 Å². The molecule has 9 heteroatoms. The number of esters is 1. The summed E-state index contributed by atoms with van der Waals surface area (Å²) >= 11 is 4.90. The van der Waals surface area contributed by atoms with Gasteiger partial charge in [0.15, 0.2) is 5.11 Å². The number of amides is 2. The Morgan fingerprint density at radius 2 is 1.88 bits per heavy atom. The molecule has 8 nitrogen and oxygen atoms in total. The topological polar surface area (TPSA) is 106 Å². The number of nitrogens with one attached hydrogen (secondary N) is 3. The third-order valence-corrected chi connectivity index (χ3v) is 3.13. The monoisotopic (exact) mass is 367 g/mol. The zero-order valence-corrected chi connectivity index (χ0v) is 14.9. The van der Waals surface area contributed by atoms with Gasteiger partial charge in [-0.15, -0.1) is 0 Å². The van der Waals surface area contributed by atoms with Gasteiger partial charge in [-0.2, -0.15) is 0 Å². The quantitative estimate of drug-likeness (QED) is 0.280. The Bertz CT molecular complexity index is 636. The van der Waals surface area contributed by atoms with E-state index in [1.807, 2.05) is 13.0 Å². The largest absolute Gasteiger partial charge is 0.463 e. The van der Waals surface area contributed by atoms with E-state index in [-0.39, 0.29) is 30.5 Å². The van der Waals surface area contributed by atoms with E-state index in [1.54, 1.807) is 18.2 Å². The SMILES string of the molecule is COCCOC(=O)CCC(=O)NC(=S)NNC(=O)c1cccc(C)c1. The molecule has 2 amide bonds. The predicted octanol–water partition coefficient (Wildman–Crippen LogP) is 0.600. The fraction of sp³-hybridized carbons (Fsp3) is 0.375. The minimum absolute atomic E-state index is 0.0706. The summed E-state index contributed by atoms with van der Waals surface area (Å²) in [5.74, 6) is -1.35. The molecule has 136 valence electrons.